The Morgan fingerprint density at radius 1 is 1.30 bits per heavy atom. The Labute approximate surface area is 141 Å². The molecule has 0 radical (unpaired) electrons. The molecule has 0 aliphatic carbocycles. The lowest BCUT2D eigenvalue weighted by molar-refractivity contribution is -0.0378. The molecule has 0 aromatic carbocycles. The van der Waals surface area contributed by atoms with E-state index >= 15 is 0 Å². The Bertz CT molecular complexity index is 719. The minimum Gasteiger partial charge on any atom is -0.463 e. The quantitative estimate of drug-likeness (QED) is 0.916. The standard InChI is InChI=1S/C17H21N3O2.ClH/c1-17(2)15(11-5-8-20(17)9-6-11)19-16(21)13-3-4-14-12(18-13)7-10-22-14;/h3-4,7,10-11,15H,5-6,8-9H2,1-2H3,(H,19,21);1H/t15-;/m1./s1. The zero-order chi connectivity index (χ0) is 15.3. The second-order valence-electron chi connectivity index (χ2n) is 6.93. The monoisotopic (exact) mass is 335 g/mol. The van der Waals surface area contributed by atoms with Crippen molar-refractivity contribution >= 4 is 29.4 Å². The summed E-state index contributed by atoms with van der Waals surface area (Å²) in [5.41, 5.74) is 1.90. The molecule has 1 amide bonds. The number of amides is 1. The van der Waals surface area contributed by atoms with Gasteiger partial charge < -0.3 is 9.73 Å². The summed E-state index contributed by atoms with van der Waals surface area (Å²) in [6.07, 6.45) is 3.93. The number of halogens is 1. The maximum absolute atomic E-state index is 12.6. The second kappa shape index (κ2) is 5.80. The highest BCUT2D eigenvalue weighted by atomic mass is 35.5. The van der Waals surface area contributed by atoms with E-state index in [1.807, 2.05) is 0 Å². The van der Waals surface area contributed by atoms with Crippen LogP contribution in [0.3, 0.4) is 0 Å². The van der Waals surface area contributed by atoms with Gasteiger partial charge in [-0.1, -0.05) is 0 Å². The molecule has 3 aliphatic heterocycles. The first-order valence-corrected chi connectivity index (χ1v) is 7.96. The summed E-state index contributed by atoms with van der Waals surface area (Å²) in [4.78, 5) is 19.5. The van der Waals surface area contributed by atoms with E-state index in [1.165, 1.54) is 12.8 Å². The van der Waals surface area contributed by atoms with Gasteiger partial charge >= 0.3 is 0 Å². The Morgan fingerprint density at radius 2 is 2.04 bits per heavy atom. The molecule has 5 rings (SSSR count). The van der Waals surface area contributed by atoms with Crippen LogP contribution in [0, 0.1) is 5.92 Å². The molecule has 3 saturated heterocycles. The van der Waals surface area contributed by atoms with Crippen LogP contribution in [0.2, 0.25) is 0 Å². The van der Waals surface area contributed by atoms with Crippen molar-refractivity contribution in [1.29, 1.82) is 0 Å². The fourth-order valence-corrected chi connectivity index (χ4v) is 4.07. The Morgan fingerprint density at radius 3 is 2.74 bits per heavy atom. The van der Waals surface area contributed by atoms with Crippen molar-refractivity contribution < 1.29 is 9.21 Å². The number of carbonyl (C=O) groups excluding carboxylic acids is 1. The molecule has 5 nitrogen and oxygen atoms in total. The second-order valence-corrected chi connectivity index (χ2v) is 6.93. The number of pyridine rings is 1. The van der Waals surface area contributed by atoms with Crippen LogP contribution in [0.4, 0.5) is 0 Å². The normalized spacial score (nSPS) is 28.3. The average Bonchev–Trinajstić information content (AvgIpc) is 2.98. The first-order valence-electron chi connectivity index (χ1n) is 7.96. The third-order valence-electron chi connectivity index (χ3n) is 5.41. The summed E-state index contributed by atoms with van der Waals surface area (Å²) < 4.78 is 5.28. The van der Waals surface area contributed by atoms with Crippen molar-refractivity contribution in [2.45, 2.75) is 38.3 Å². The topological polar surface area (TPSA) is 58.4 Å². The molecule has 23 heavy (non-hydrogen) atoms. The minimum absolute atomic E-state index is 0. The lowest BCUT2D eigenvalue weighted by Gasteiger charge is -2.56. The van der Waals surface area contributed by atoms with Crippen molar-refractivity contribution in [1.82, 2.24) is 15.2 Å². The van der Waals surface area contributed by atoms with E-state index in [2.05, 4.69) is 29.0 Å². The van der Waals surface area contributed by atoms with Crippen LogP contribution in [0.15, 0.2) is 28.9 Å². The summed E-state index contributed by atoms with van der Waals surface area (Å²) in [6, 6.07) is 5.50. The number of carbonyl (C=O) groups is 1. The fourth-order valence-electron chi connectivity index (χ4n) is 4.07. The predicted octanol–water partition coefficient (Wildman–Crippen LogP) is 2.85. The van der Waals surface area contributed by atoms with Gasteiger partial charge in [-0.05, 0) is 57.8 Å². The summed E-state index contributed by atoms with van der Waals surface area (Å²) in [6.45, 7) is 6.75. The lowest BCUT2D eigenvalue weighted by Crippen LogP contribution is -2.69. The third kappa shape index (κ3) is 2.62. The van der Waals surface area contributed by atoms with Gasteiger partial charge in [0.05, 0.1) is 6.26 Å². The highest BCUT2D eigenvalue weighted by molar-refractivity contribution is 5.94. The number of nitrogens with zero attached hydrogens (tertiary/aromatic N) is 2. The Kier molecular flexibility index (Phi) is 4.10. The zero-order valence-corrected chi connectivity index (χ0v) is 14.2. The fraction of sp³-hybridized carbons (Fsp3) is 0.529. The van der Waals surface area contributed by atoms with Crippen LogP contribution in [0.1, 0.15) is 37.2 Å². The van der Waals surface area contributed by atoms with Gasteiger partial charge in [0.15, 0.2) is 5.58 Å². The number of nitrogens with one attached hydrogen (secondary N) is 1. The molecule has 2 bridgehead atoms. The van der Waals surface area contributed by atoms with Crippen LogP contribution in [-0.2, 0) is 0 Å². The Hall–Kier alpha value is -1.59. The predicted molar refractivity (Wildman–Crippen MR) is 90.9 cm³/mol. The zero-order valence-electron chi connectivity index (χ0n) is 13.4. The number of fused-ring (bicyclic) bond motifs is 4. The highest BCUT2D eigenvalue weighted by Crippen LogP contribution is 2.39. The molecule has 2 aromatic heterocycles. The first kappa shape index (κ1) is 16.3. The number of aromatic nitrogens is 1. The van der Waals surface area contributed by atoms with Gasteiger partial charge in [0.1, 0.15) is 11.2 Å². The van der Waals surface area contributed by atoms with Crippen LogP contribution in [0.25, 0.3) is 11.1 Å². The van der Waals surface area contributed by atoms with Crippen molar-refractivity contribution in [2.24, 2.45) is 5.92 Å². The Balaban J connectivity index is 0.00000156. The molecular formula is C17H22ClN3O2. The van der Waals surface area contributed by atoms with Gasteiger partial charge in [0.25, 0.3) is 5.91 Å². The van der Waals surface area contributed by atoms with E-state index in [0.29, 0.717) is 17.2 Å². The molecule has 3 aliphatic rings. The maximum atomic E-state index is 12.6. The van der Waals surface area contributed by atoms with E-state index in [1.54, 1.807) is 24.5 Å². The van der Waals surface area contributed by atoms with E-state index in [-0.39, 0.29) is 29.9 Å². The molecule has 1 atom stereocenters. The van der Waals surface area contributed by atoms with E-state index < -0.39 is 0 Å². The summed E-state index contributed by atoms with van der Waals surface area (Å²) in [5, 5.41) is 3.24. The first-order chi connectivity index (χ1) is 10.6. The van der Waals surface area contributed by atoms with E-state index in [0.717, 1.165) is 18.6 Å². The van der Waals surface area contributed by atoms with Gasteiger partial charge in [-0.2, -0.15) is 0 Å². The van der Waals surface area contributed by atoms with Crippen LogP contribution < -0.4 is 5.32 Å². The lowest BCUT2D eigenvalue weighted by atomic mass is 9.72. The van der Waals surface area contributed by atoms with E-state index in [9.17, 15) is 4.79 Å². The summed E-state index contributed by atoms with van der Waals surface area (Å²) in [5.74, 6) is 0.483. The largest absolute Gasteiger partial charge is 0.463 e. The SMILES string of the molecule is CC1(C)[C@H](NC(=O)c2ccc3occc3n2)C2CCN1CC2.Cl. The molecule has 1 N–H and O–H groups in total. The molecule has 0 unspecified atom stereocenters. The number of rotatable bonds is 2. The average molecular weight is 336 g/mol. The van der Waals surface area contributed by atoms with Gasteiger partial charge in [-0.3, -0.25) is 9.69 Å². The van der Waals surface area contributed by atoms with Crippen molar-refractivity contribution in [3.63, 3.8) is 0 Å². The van der Waals surface area contributed by atoms with Crippen LogP contribution >= 0.6 is 12.4 Å². The smallest absolute Gasteiger partial charge is 0.270 e. The molecule has 124 valence electrons. The number of hydrogen-bond acceptors (Lipinski definition) is 4. The van der Waals surface area contributed by atoms with Crippen molar-refractivity contribution in [2.75, 3.05) is 13.1 Å². The van der Waals surface area contributed by atoms with Gasteiger partial charge in [-0.15, -0.1) is 12.4 Å². The van der Waals surface area contributed by atoms with Gasteiger partial charge in [-0.25, -0.2) is 4.98 Å². The molecule has 0 spiro atoms. The van der Waals surface area contributed by atoms with E-state index in [4.69, 9.17) is 4.42 Å². The molecule has 2 aromatic rings. The van der Waals surface area contributed by atoms with Crippen molar-refractivity contribution in [3.8, 4) is 0 Å². The highest BCUT2D eigenvalue weighted by Gasteiger charge is 2.48. The summed E-state index contributed by atoms with van der Waals surface area (Å²) in [7, 11) is 0. The maximum Gasteiger partial charge on any atom is 0.270 e. The molecule has 6 heteroatoms. The molecule has 3 fully saturated rings. The van der Waals surface area contributed by atoms with Gasteiger partial charge in [0.2, 0.25) is 0 Å². The van der Waals surface area contributed by atoms with Crippen LogP contribution in [-0.4, -0.2) is 40.5 Å². The number of piperidine rings is 3. The number of hydrogen-bond donors (Lipinski definition) is 1. The molecular weight excluding hydrogens is 314 g/mol. The molecule has 0 saturated carbocycles. The third-order valence-corrected chi connectivity index (χ3v) is 5.41. The van der Waals surface area contributed by atoms with Gasteiger partial charge in [0, 0.05) is 17.6 Å². The number of furan rings is 1. The molecule has 5 heterocycles. The van der Waals surface area contributed by atoms with Crippen molar-refractivity contribution in [3.05, 3.63) is 30.2 Å². The minimum atomic E-state index is -0.0880. The summed E-state index contributed by atoms with van der Waals surface area (Å²) >= 11 is 0. The van der Waals surface area contributed by atoms with Crippen LogP contribution in [0.5, 0.6) is 0 Å².